The van der Waals surface area contributed by atoms with Gasteiger partial charge in [0.05, 0.1) is 12.1 Å². The summed E-state index contributed by atoms with van der Waals surface area (Å²) in [5.41, 5.74) is 0.618. The second-order valence-electron chi connectivity index (χ2n) is 1.48. The maximum atomic E-state index is 9.87. The summed E-state index contributed by atoms with van der Waals surface area (Å²) in [7, 11) is 0. The van der Waals surface area contributed by atoms with Crippen LogP contribution >= 0.6 is 0 Å². The van der Waals surface area contributed by atoms with Gasteiger partial charge in [0, 0.05) is 6.21 Å². The predicted molar refractivity (Wildman–Crippen MR) is 31.7 cm³/mol. The Bertz CT molecular complexity index is 185. The van der Waals surface area contributed by atoms with Crippen LogP contribution in [0, 0.1) is 0 Å². The summed E-state index contributed by atoms with van der Waals surface area (Å²) in [6.07, 6.45) is 5.10. The molecule has 0 atom stereocenters. The maximum Gasteiger partial charge on any atom is 0.129 e. The van der Waals surface area contributed by atoms with Crippen LogP contribution in [-0.2, 0) is 4.79 Å². The largest absolute Gasteiger partial charge is 0.288 e. The van der Waals surface area contributed by atoms with Crippen LogP contribution in [0.2, 0.25) is 0 Å². The van der Waals surface area contributed by atoms with Crippen molar-refractivity contribution < 1.29 is 4.79 Å². The highest BCUT2D eigenvalue weighted by molar-refractivity contribution is 5.76. The van der Waals surface area contributed by atoms with Gasteiger partial charge in [-0.2, -0.15) is 0 Å². The van der Waals surface area contributed by atoms with Crippen molar-refractivity contribution in [3.05, 3.63) is 17.7 Å². The number of hydrogen-bond donors (Lipinski definition) is 0. The number of allylic oxidation sites excluding steroid dienone is 1. The Morgan fingerprint density at radius 2 is 2.62 bits per heavy atom. The molecule has 0 saturated carbocycles. The van der Waals surface area contributed by atoms with Crippen LogP contribution in [0.4, 0.5) is 0 Å². The first kappa shape index (κ1) is 5.01. The number of dihydropyridines is 1. The van der Waals surface area contributed by atoms with Gasteiger partial charge in [0.25, 0.3) is 0 Å². The fourth-order valence-corrected chi connectivity index (χ4v) is 0.490. The van der Waals surface area contributed by atoms with E-state index < -0.39 is 0 Å². The number of aliphatic imine (C=N–C) groups is 1. The van der Waals surface area contributed by atoms with Gasteiger partial charge in [0.1, 0.15) is 5.94 Å². The van der Waals surface area contributed by atoms with E-state index in [0.29, 0.717) is 12.1 Å². The Morgan fingerprint density at radius 1 is 1.75 bits per heavy atom. The molecule has 1 aliphatic heterocycles. The average Bonchev–Trinajstić information content (AvgIpc) is 1.90. The summed E-state index contributed by atoms with van der Waals surface area (Å²) < 4.78 is 0. The molecule has 0 amide bonds. The summed E-state index contributed by atoms with van der Waals surface area (Å²) in [6, 6.07) is 0. The number of nitrogens with zero attached hydrogens (tertiary/aromatic N) is 1. The van der Waals surface area contributed by atoms with E-state index in [1.165, 1.54) is 0 Å². The standard InChI is InChI=1S/C6H5NO/c8-5-6-2-1-3-7-4-6/h1-3H,4H2. The molecular weight excluding hydrogens is 102 g/mol. The molecule has 0 N–H and O–H groups in total. The highest BCUT2D eigenvalue weighted by Gasteiger charge is 1.91. The molecule has 0 saturated heterocycles. The molecule has 0 aromatic carbocycles. The molecule has 0 unspecified atom stereocenters. The van der Waals surface area contributed by atoms with Crippen LogP contribution in [-0.4, -0.2) is 18.7 Å². The second-order valence-corrected chi connectivity index (χ2v) is 1.48. The van der Waals surface area contributed by atoms with Crippen molar-refractivity contribution in [1.29, 1.82) is 0 Å². The monoisotopic (exact) mass is 107 g/mol. The van der Waals surface area contributed by atoms with Crippen molar-refractivity contribution >= 4 is 12.2 Å². The third kappa shape index (κ3) is 0.922. The zero-order valence-electron chi connectivity index (χ0n) is 4.29. The van der Waals surface area contributed by atoms with Gasteiger partial charge in [-0.3, -0.25) is 4.99 Å². The molecule has 40 valence electrons. The van der Waals surface area contributed by atoms with Crippen molar-refractivity contribution in [1.82, 2.24) is 0 Å². The van der Waals surface area contributed by atoms with Crippen LogP contribution in [0.3, 0.4) is 0 Å². The molecule has 2 heteroatoms. The minimum absolute atomic E-state index is 0.486. The Balaban J connectivity index is 2.80. The summed E-state index contributed by atoms with van der Waals surface area (Å²) in [5.74, 6) is 1.77. The lowest BCUT2D eigenvalue weighted by Crippen LogP contribution is -1.90. The third-order valence-electron chi connectivity index (χ3n) is 0.882. The molecule has 8 heavy (non-hydrogen) atoms. The fourth-order valence-electron chi connectivity index (χ4n) is 0.490. The number of rotatable bonds is 0. The summed E-state index contributed by atoms with van der Waals surface area (Å²) in [4.78, 5) is 13.7. The minimum Gasteiger partial charge on any atom is -0.288 e. The van der Waals surface area contributed by atoms with Gasteiger partial charge in [-0.15, -0.1) is 0 Å². The van der Waals surface area contributed by atoms with E-state index in [2.05, 4.69) is 4.99 Å². The predicted octanol–water partition coefficient (Wildman–Crippen LogP) is 0.385. The van der Waals surface area contributed by atoms with E-state index in [4.69, 9.17) is 0 Å². The Labute approximate surface area is 47.2 Å². The quantitative estimate of drug-likeness (QED) is 0.411. The van der Waals surface area contributed by atoms with Gasteiger partial charge in [0.2, 0.25) is 0 Å². The maximum absolute atomic E-state index is 9.87. The smallest absolute Gasteiger partial charge is 0.129 e. The first-order valence-corrected chi connectivity index (χ1v) is 2.34. The third-order valence-corrected chi connectivity index (χ3v) is 0.882. The van der Waals surface area contributed by atoms with E-state index in [0.717, 1.165) is 0 Å². The molecular formula is C6H5NO. The highest BCUT2D eigenvalue weighted by Crippen LogP contribution is 1.94. The fraction of sp³-hybridized carbons (Fsp3) is 0.167. The van der Waals surface area contributed by atoms with Gasteiger partial charge >= 0.3 is 0 Å². The topological polar surface area (TPSA) is 29.4 Å². The lowest BCUT2D eigenvalue weighted by atomic mass is 10.2. The molecule has 1 rings (SSSR count). The summed E-state index contributed by atoms with van der Waals surface area (Å²) >= 11 is 0. The van der Waals surface area contributed by atoms with E-state index in [1.807, 2.05) is 0 Å². The van der Waals surface area contributed by atoms with Gasteiger partial charge in [0.15, 0.2) is 0 Å². The zero-order valence-corrected chi connectivity index (χ0v) is 4.29. The Hall–Kier alpha value is -1.14. The van der Waals surface area contributed by atoms with Gasteiger partial charge < -0.3 is 0 Å². The van der Waals surface area contributed by atoms with Crippen molar-refractivity contribution in [2.24, 2.45) is 4.99 Å². The molecule has 0 aromatic heterocycles. The first-order chi connectivity index (χ1) is 3.93. The van der Waals surface area contributed by atoms with Crippen molar-refractivity contribution in [2.75, 3.05) is 6.54 Å². The normalized spacial score (nSPS) is 16.2. The van der Waals surface area contributed by atoms with Crippen molar-refractivity contribution in [2.45, 2.75) is 0 Å². The average molecular weight is 107 g/mol. The van der Waals surface area contributed by atoms with Crippen molar-refractivity contribution in [3.8, 4) is 0 Å². The molecule has 0 aliphatic carbocycles. The van der Waals surface area contributed by atoms with Crippen molar-refractivity contribution in [3.63, 3.8) is 0 Å². The molecule has 0 fully saturated rings. The molecule has 2 nitrogen and oxygen atoms in total. The molecule has 1 aliphatic rings. The Kier molecular flexibility index (Phi) is 1.40. The Morgan fingerprint density at radius 3 is 3.00 bits per heavy atom. The van der Waals surface area contributed by atoms with Crippen LogP contribution in [0.15, 0.2) is 22.7 Å². The summed E-state index contributed by atoms with van der Waals surface area (Å²) in [6.45, 7) is 0.486. The molecule has 0 spiro atoms. The SMILES string of the molecule is O=C=C1C=CC=NC1. The molecule has 1 heterocycles. The van der Waals surface area contributed by atoms with Crippen LogP contribution in [0.1, 0.15) is 0 Å². The highest BCUT2D eigenvalue weighted by atomic mass is 16.1. The lowest BCUT2D eigenvalue weighted by molar-refractivity contribution is 0.567. The van der Waals surface area contributed by atoms with Crippen LogP contribution < -0.4 is 0 Å². The number of hydrogen-bond acceptors (Lipinski definition) is 2. The van der Waals surface area contributed by atoms with Gasteiger partial charge in [-0.05, 0) is 12.2 Å². The second kappa shape index (κ2) is 2.24. The van der Waals surface area contributed by atoms with Crippen LogP contribution in [0.25, 0.3) is 0 Å². The minimum atomic E-state index is 0.486. The van der Waals surface area contributed by atoms with E-state index in [9.17, 15) is 4.79 Å². The van der Waals surface area contributed by atoms with E-state index in [1.54, 1.807) is 24.3 Å². The van der Waals surface area contributed by atoms with Gasteiger partial charge in [-0.25, -0.2) is 4.79 Å². The zero-order chi connectivity index (χ0) is 5.82. The van der Waals surface area contributed by atoms with E-state index >= 15 is 0 Å². The van der Waals surface area contributed by atoms with E-state index in [-0.39, 0.29) is 0 Å². The molecule has 0 aromatic rings. The molecule has 0 radical (unpaired) electrons. The number of carbonyl (C=O) groups excluding carboxylic acids is 1. The first-order valence-electron chi connectivity index (χ1n) is 2.34. The van der Waals surface area contributed by atoms with Gasteiger partial charge in [-0.1, -0.05) is 0 Å². The lowest BCUT2D eigenvalue weighted by Gasteiger charge is -1.92. The van der Waals surface area contributed by atoms with Crippen LogP contribution in [0.5, 0.6) is 0 Å². The molecule has 0 bridgehead atoms. The summed E-state index contributed by atoms with van der Waals surface area (Å²) in [5, 5.41) is 0.